The molecule has 0 fully saturated rings. The van der Waals surface area contributed by atoms with E-state index in [1.165, 1.54) is 6.33 Å². The van der Waals surface area contributed by atoms with Gasteiger partial charge in [-0.05, 0) is 18.1 Å². The molecule has 0 aliphatic rings. The summed E-state index contributed by atoms with van der Waals surface area (Å²) in [4.78, 5) is 12.2. The maximum atomic E-state index is 6.09. The first-order chi connectivity index (χ1) is 9.83. The highest BCUT2D eigenvalue weighted by molar-refractivity contribution is 5.46. The van der Waals surface area contributed by atoms with Crippen LogP contribution in [-0.4, -0.2) is 20.1 Å². The molecule has 2 aromatic heterocycles. The summed E-state index contributed by atoms with van der Waals surface area (Å²) in [5.74, 6) is 0.827. The first-order valence-corrected chi connectivity index (χ1v) is 6.22. The fourth-order valence-electron chi connectivity index (χ4n) is 1.87. The highest BCUT2D eigenvalue weighted by Crippen LogP contribution is 2.17. The maximum absolute atomic E-state index is 6.09. The first-order valence-electron chi connectivity index (χ1n) is 6.22. The second-order valence-corrected chi connectivity index (χ2v) is 4.35. The molecule has 2 heterocycles. The van der Waals surface area contributed by atoms with E-state index in [9.17, 15) is 0 Å². The summed E-state index contributed by atoms with van der Waals surface area (Å²) in [5.41, 5.74) is 7.83. The maximum Gasteiger partial charge on any atom is 0.244 e. The van der Waals surface area contributed by atoms with Crippen molar-refractivity contribution in [2.45, 2.75) is 12.5 Å². The minimum atomic E-state index is -0.333. The van der Waals surface area contributed by atoms with Crippen LogP contribution in [0.2, 0.25) is 0 Å². The lowest BCUT2D eigenvalue weighted by molar-refractivity contribution is 0.354. The van der Waals surface area contributed by atoms with Crippen molar-refractivity contribution < 1.29 is 4.52 Å². The molecule has 20 heavy (non-hydrogen) atoms. The predicted molar refractivity (Wildman–Crippen MR) is 72.4 cm³/mol. The van der Waals surface area contributed by atoms with Crippen molar-refractivity contribution in [1.82, 2.24) is 20.1 Å². The topological polar surface area (TPSA) is 90.7 Å². The number of hydrogen-bond acceptors (Lipinski definition) is 6. The zero-order chi connectivity index (χ0) is 13.8. The number of rotatable bonds is 4. The summed E-state index contributed by atoms with van der Waals surface area (Å²) in [7, 11) is 0. The molecule has 6 heteroatoms. The number of nitrogens with two attached hydrogens (primary N) is 1. The van der Waals surface area contributed by atoms with Gasteiger partial charge < -0.3 is 10.3 Å². The van der Waals surface area contributed by atoms with Crippen molar-refractivity contribution in [3.05, 3.63) is 60.4 Å². The standard InChI is InChI=1S/C14H13N5O/c15-11(8-10-4-2-1-3-5-10)14-18-13(19-20-14)12-6-7-16-9-17-12/h1-7,9,11H,8,15H2. The van der Waals surface area contributed by atoms with Gasteiger partial charge in [-0.1, -0.05) is 35.5 Å². The molecular weight excluding hydrogens is 254 g/mol. The zero-order valence-corrected chi connectivity index (χ0v) is 10.7. The van der Waals surface area contributed by atoms with Crippen molar-refractivity contribution >= 4 is 0 Å². The monoisotopic (exact) mass is 267 g/mol. The molecule has 3 aromatic rings. The number of aromatic nitrogens is 4. The second kappa shape index (κ2) is 5.58. The molecule has 0 amide bonds. The number of nitrogens with zero attached hydrogens (tertiary/aromatic N) is 4. The zero-order valence-electron chi connectivity index (χ0n) is 10.7. The van der Waals surface area contributed by atoms with Gasteiger partial charge in [0, 0.05) is 6.20 Å². The van der Waals surface area contributed by atoms with Crippen LogP contribution < -0.4 is 5.73 Å². The van der Waals surface area contributed by atoms with Crippen LogP contribution in [0, 0.1) is 0 Å². The van der Waals surface area contributed by atoms with E-state index in [1.54, 1.807) is 12.3 Å². The van der Waals surface area contributed by atoms with Gasteiger partial charge in [-0.2, -0.15) is 4.98 Å². The average Bonchev–Trinajstić information content (AvgIpc) is 2.99. The summed E-state index contributed by atoms with van der Waals surface area (Å²) < 4.78 is 5.21. The Morgan fingerprint density at radius 3 is 2.75 bits per heavy atom. The van der Waals surface area contributed by atoms with E-state index in [-0.39, 0.29) is 6.04 Å². The summed E-state index contributed by atoms with van der Waals surface area (Å²) in [5, 5.41) is 3.89. The summed E-state index contributed by atoms with van der Waals surface area (Å²) in [6.07, 6.45) is 3.71. The Morgan fingerprint density at radius 1 is 1.15 bits per heavy atom. The van der Waals surface area contributed by atoms with E-state index in [0.29, 0.717) is 23.8 Å². The fraction of sp³-hybridized carbons (Fsp3) is 0.143. The third-order valence-electron chi connectivity index (χ3n) is 2.87. The molecule has 6 nitrogen and oxygen atoms in total. The Morgan fingerprint density at radius 2 is 2.00 bits per heavy atom. The minimum absolute atomic E-state index is 0.333. The largest absolute Gasteiger partial charge is 0.337 e. The Bertz CT molecular complexity index is 668. The van der Waals surface area contributed by atoms with Crippen LogP contribution in [0.15, 0.2) is 53.4 Å². The molecule has 0 saturated heterocycles. The van der Waals surface area contributed by atoms with E-state index < -0.39 is 0 Å². The molecule has 0 saturated carbocycles. The number of benzene rings is 1. The lowest BCUT2D eigenvalue weighted by atomic mass is 10.1. The van der Waals surface area contributed by atoms with Gasteiger partial charge in [0.1, 0.15) is 12.0 Å². The van der Waals surface area contributed by atoms with Gasteiger partial charge in [-0.15, -0.1) is 0 Å². The molecule has 0 aliphatic carbocycles. The van der Waals surface area contributed by atoms with Crippen LogP contribution in [0.25, 0.3) is 11.5 Å². The molecule has 2 N–H and O–H groups in total. The molecule has 1 unspecified atom stereocenters. The van der Waals surface area contributed by atoms with Crippen LogP contribution in [-0.2, 0) is 6.42 Å². The minimum Gasteiger partial charge on any atom is -0.337 e. The van der Waals surface area contributed by atoms with Crippen molar-refractivity contribution in [3.63, 3.8) is 0 Å². The van der Waals surface area contributed by atoms with Gasteiger partial charge in [0.15, 0.2) is 0 Å². The van der Waals surface area contributed by atoms with Gasteiger partial charge in [0.2, 0.25) is 11.7 Å². The predicted octanol–water partition coefficient (Wildman–Crippen LogP) is 1.77. The van der Waals surface area contributed by atoms with Crippen LogP contribution >= 0.6 is 0 Å². The van der Waals surface area contributed by atoms with E-state index in [2.05, 4.69) is 20.1 Å². The summed E-state index contributed by atoms with van der Waals surface area (Å²) >= 11 is 0. The molecule has 0 spiro atoms. The smallest absolute Gasteiger partial charge is 0.244 e. The van der Waals surface area contributed by atoms with Gasteiger partial charge in [0.05, 0.1) is 6.04 Å². The SMILES string of the molecule is NC(Cc1ccccc1)c1nc(-c2ccncn2)no1. The molecular formula is C14H13N5O. The summed E-state index contributed by atoms with van der Waals surface area (Å²) in [6, 6.07) is 11.3. The van der Waals surface area contributed by atoms with E-state index >= 15 is 0 Å². The molecule has 1 atom stereocenters. The molecule has 0 aliphatic heterocycles. The molecule has 0 radical (unpaired) electrons. The van der Waals surface area contributed by atoms with E-state index in [1.807, 2.05) is 30.3 Å². The summed E-state index contributed by atoms with van der Waals surface area (Å²) in [6.45, 7) is 0. The second-order valence-electron chi connectivity index (χ2n) is 4.35. The third-order valence-corrected chi connectivity index (χ3v) is 2.87. The number of hydrogen-bond donors (Lipinski definition) is 1. The van der Waals surface area contributed by atoms with E-state index in [4.69, 9.17) is 10.3 Å². The van der Waals surface area contributed by atoms with Gasteiger partial charge in [-0.25, -0.2) is 9.97 Å². The molecule has 1 aromatic carbocycles. The van der Waals surface area contributed by atoms with Gasteiger partial charge in [-0.3, -0.25) is 0 Å². The third kappa shape index (κ3) is 2.70. The lowest BCUT2D eigenvalue weighted by Crippen LogP contribution is -2.13. The van der Waals surface area contributed by atoms with Crippen molar-refractivity contribution in [1.29, 1.82) is 0 Å². The van der Waals surface area contributed by atoms with Crippen molar-refractivity contribution in [2.24, 2.45) is 5.73 Å². The van der Waals surface area contributed by atoms with Crippen molar-refractivity contribution in [3.8, 4) is 11.5 Å². The first kappa shape index (κ1) is 12.4. The molecule has 3 rings (SSSR count). The van der Waals surface area contributed by atoms with Crippen LogP contribution in [0.1, 0.15) is 17.5 Å². The Labute approximate surface area is 115 Å². The highest BCUT2D eigenvalue weighted by atomic mass is 16.5. The lowest BCUT2D eigenvalue weighted by Gasteiger charge is -2.05. The molecule has 100 valence electrons. The Kier molecular flexibility index (Phi) is 3.47. The quantitative estimate of drug-likeness (QED) is 0.774. The van der Waals surface area contributed by atoms with Crippen molar-refractivity contribution in [2.75, 3.05) is 0 Å². The average molecular weight is 267 g/mol. The van der Waals surface area contributed by atoms with Crippen LogP contribution in [0.3, 0.4) is 0 Å². The van der Waals surface area contributed by atoms with Crippen LogP contribution in [0.5, 0.6) is 0 Å². The highest BCUT2D eigenvalue weighted by Gasteiger charge is 2.16. The molecule has 0 bridgehead atoms. The van der Waals surface area contributed by atoms with Gasteiger partial charge >= 0.3 is 0 Å². The van der Waals surface area contributed by atoms with Crippen LogP contribution in [0.4, 0.5) is 0 Å². The normalized spacial score (nSPS) is 12.2. The Balaban J connectivity index is 1.77. The fourth-order valence-corrected chi connectivity index (χ4v) is 1.87. The van der Waals surface area contributed by atoms with Gasteiger partial charge in [0.25, 0.3) is 0 Å². The van der Waals surface area contributed by atoms with E-state index in [0.717, 1.165) is 5.56 Å². The Hall–Kier alpha value is -2.60.